The maximum atomic E-state index is 5.80. The quantitative estimate of drug-likeness (QED) is 0.626. The Hall–Kier alpha value is -1.16. The molecule has 2 aromatic rings. The van der Waals surface area contributed by atoms with Gasteiger partial charge in [-0.05, 0) is 13.8 Å². The van der Waals surface area contributed by atoms with Gasteiger partial charge < -0.3 is 4.52 Å². The van der Waals surface area contributed by atoms with E-state index in [1.807, 2.05) is 6.92 Å². The first kappa shape index (κ1) is 7.49. The molecule has 0 aliphatic heterocycles. The fourth-order valence-corrected chi connectivity index (χ4v) is 1.33. The topological polar surface area (TPSA) is 51.8 Å². The Morgan fingerprint density at radius 3 is 2.58 bits per heavy atom. The van der Waals surface area contributed by atoms with Crippen molar-refractivity contribution in [3.05, 3.63) is 16.5 Å². The van der Waals surface area contributed by atoms with Gasteiger partial charge in [-0.15, -0.1) is 5.10 Å². The molecule has 0 unspecified atom stereocenters. The number of aromatic nitrogens is 3. The van der Waals surface area contributed by atoms with Gasteiger partial charge in [-0.25, -0.2) is 0 Å². The van der Waals surface area contributed by atoms with Crippen molar-refractivity contribution in [2.45, 2.75) is 13.8 Å². The maximum Gasteiger partial charge on any atom is 0.193 e. The highest BCUT2D eigenvalue weighted by atomic mass is 35.5. The standard InChI is InChI=1S/C7H6ClN3O/c1-3-5-6(12-11-3)4(2)9-10-7(5)8/h1-2H3. The molecule has 2 rings (SSSR count). The third-order valence-corrected chi connectivity index (χ3v) is 1.95. The van der Waals surface area contributed by atoms with Gasteiger partial charge in [0.25, 0.3) is 0 Å². The number of hydrogen-bond donors (Lipinski definition) is 0. The van der Waals surface area contributed by atoms with E-state index in [0.29, 0.717) is 16.4 Å². The van der Waals surface area contributed by atoms with Crippen molar-refractivity contribution in [2.75, 3.05) is 0 Å². The van der Waals surface area contributed by atoms with E-state index in [4.69, 9.17) is 16.1 Å². The molecule has 12 heavy (non-hydrogen) atoms. The van der Waals surface area contributed by atoms with Crippen LogP contribution >= 0.6 is 11.6 Å². The molecule has 0 N–H and O–H groups in total. The van der Waals surface area contributed by atoms with Gasteiger partial charge in [0, 0.05) is 0 Å². The molecular weight excluding hydrogens is 178 g/mol. The van der Waals surface area contributed by atoms with Gasteiger partial charge in [0.05, 0.1) is 11.1 Å². The Morgan fingerprint density at radius 2 is 1.92 bits per heavy atom. The first-order chi connectivity index (χ1) is 5.70. The van der Waals surface area contributed by atoms with Gasteiger partial charge in [0.2, 0.25) is 0 Å². The number of rotatable bonds is 0. The zero-order valence-corrected chi connectivity index (χ0v) is 7.38. The minimum atomic E-state index is 0.342. The third kappa shape index (κ3) is 0.881. The second-order valence-electron chi connectivity index (χ2n) is 2.55. The lowest BCUT2D eigenvalue weighted by atomic mass is 10.2. The Bertz CT molecular complexity index is 437. The predicted octanol–water partition coefficient (Wildman–Crippen LogP) is 1.89. The summed E-state index contributed by atoms with van der Waals surface area (Å²) in [4.78, 5) is 0. The van der Waals surface area contributed by atoms with Crippen LogP contribution in [0.3, 0.4) is 0 Å². The van der Waals surface area contributed by atoms with Gasteiger partial charge in [0.1, 0.15) is 5.69 Å². The molecule has 4 nitrogen and oxygen atoms in total. The van der Waals surface area contributed by atoms with Crippen LogP contribution in [-0.2, 0) is 0 Å². The van der Waals surface area contributed by atoms with Crippen LogP contribution in [-0.4, -0.2) is 15.4 Å². The van der Waals surface area contributed by atoms with E-state index < -0.39 is 0 Å². The predicted molar refractivity (Wildman–Crippen MR) is 44.1 cm³/mol. The summed E-state index contributed by atoms with van der Waals surface area (Å²) in [6.07, 6.45) is 0. The lowest BCUT2D eigenvalue weighted by molar-refractivity contribution is 0.447. The van der Waals surface area contributed by atoms with E-state index in [0.717, 1.165) is 11.1 Å². The highest BCUT2D eigenvalue weighted by Crippen LogP contribution is 2.24. The number of aryl methyl sites for hydroxylation is 2. The van der Waals surface area contributed by atoms with Gasteiger partial charge in [-0.1, -0.05) is 16.8 Å². The minimum absolute atomic E-state index is 0.342. The van der Waals surface area contributed by atoms with Gasteiger partial charge in [-0.3, -0.25) is 0 Å². The second-order valence-corrected chi connectivity index (χ2v) is 2.91. The molecule has 2 aromatic heterocycles. The van der Waals surface area contributed by atoms with Crippen molar-refractivity contribution >= 4 is 22.6 Å². The molecule has 0 saturated carbocycles. The summed E-state index contributed by atoms with van der Waals surface area (Å²) in [5.74, 6) is 0. The minimum Gasteiger partial charge on any atom is -0.354 e. The largest absolute Gasteiger partial charge is 0.354 e. The molecule has 0 atom stereocenters. The first-order valence-electron chi connectivity index (χ1n) is 3.45. The number of halogens is 1. The Balaban J connectivity index is 2.98. The average molecular weight is 184 g/mol. The van der Waals surface area contributed by atoms with Crippen LogP contribution in [0.15, 0.2) is 4.52 Å². The fourth-order valence-electron chi connectivity index (χ4n) is 1.07. The maximum absolute atomic E-state index is 5.80. The van der Waals surface area contributed by atoms with Crippen LogP contribution in [0.4, 0.5) is 0 Å². The molecule has 0 radical (unpaired) electrons. The lowest BCUT2D eigenvalue weighted by Crippen LogP contribution is -1.87. The number of nitrogens with zero attached hydrogens (tertiary/aromatic N) is 3. The summed E-state index contributed by atoms with van der Waals surface area (Å²) < 4.78 is 5.02. The van der Waals surface area contributed by atoms with Gasteiger partial charge in [0.15, 0.2) is 10.7 Å². The summed E-state index contributed by atoms with van der Waals surface area (Å²) in [7, 11) is 0. The van der Waals surface area contributed by atoms with E-state index >= 15 is 0 Å². The Labute approximate surface area is 73.5 Å². The van der Waals surface area contributed by atoms with Gasteiger partial charge >= 0.3 is 0 Å². The van der Waals surface area contributed by atoms with Crippen LogP contribution in [0.1, 0.15) is 11.4 Å². The molecule has 5 heteroatoms. The molecule has 0 fully saturated rings. The molecule has 0 amide bonds. The number of hydrogen-bond acceptors (Lipinski definition) is 4. The molecule has 62 valence electrons. The van der Waals surface area contributed by atoms with E-state index in [2.05, 4.69) is 15.4 Å². The molecule has 2 heterocycles. The molecule has 0 saturated heterocycles. The Kier molecular flexibility index (Phi) is 1.51. The average Bonchev–Trinajstić information content (AvgIpc) is 2.42. The van der Waals surface area contributed by atoms with Crippen LogP contribution < -0.4 is 0 Å². The Morgan fingerprint density at radius 1 is 1.17 bits per heavy atom. The zero-order valence-electron chi connectivity index (χ0n) is 6.63. The second kappa shape index (κ2) is 2.42. The van der Waals surface area contributed by atoms with E-state index in [9.17, 15) is 0 Å². The van der Waals surface area contributed by atoms with Crippen molar-refractivity contribution in [1.82, 2.24) is 15.4 Å². The molecule has 0 spiro atoms. The molecule has 0 bridgehead atoms. The van der Waals surface area contributed by atoms with E-state index in [1.165, 1.54) is 0 Å². The molecule has 0 aromatic carbocycles. The van der Waals surface area contributed by atoms with Crippen LogP contribution in [0.5, 0.6) is 0 Å². The summed E-state index contributed by atoms with van der Waals surface area (Å²) in [5.41, 5.74) is 2.07. The van der Waals surface area contributed by atoms with E-state index in [1.54, 1.807) is 6.92 Å². The summed E-state index contributed by atoms with van der Waals surface area (Å²) in [6.45, 7) is 3.62. The third-order valence-electron chi connectivity index (χ3n) is 1.69. The summed E-state index contributed by atoms with van der Waals surface area (Å²) in [5, 5.41) is 12.4. The monoisotopic (exact) mass is 183 g/mol. The normalized spacial score (nSPS) is 10.9. The summed E-state index contributed by atoms with van der Waals surface area (Å²) >= 11 is 5.80. The van der Waals surface area contributed by atoms with Crippen LogP contribution in [0.25, 0.3) is 11.0 Å². The summed E-state index contributed by atoms with van der Waals surface area (Å²) in [6, 6.07) is 0. The van der Waals surface area contributed by atoms with Crippen molar-refractivity contribution in [3.63, 3.8) is 0 Å². The highest BCUT2D eigenvalue weighted by molar-refractivity contribution is 6.34. The van der Waals surface area contributed by atoms with Crippen LogP contribution in [0.2, 0.25) is 5.15 Å². The van der Waals surface area contributed by atoms with Crippen molar-refractivity contribution in [1.29, 1.82) is 0 Å². The molecular formula is C7H6ClN3O. The fraction of sp³-hybridized carbons (Fsp3) is 0.286. The SMILES string of the molecule is Cc1nnc(Cl)c2c(C)noc12. The van der Waals surface area contributed by atoms with Crippen LogP contribution in [0, 0.1) is 13.8 Å². The van der Waals surface area contributed by atoms with Crippen molar-refractivity contribution < 1.29 is 4.52 Å². The zero-order chi connectivity index (χ0) is 8.72. The van der Waals surface area contributed by atoms with Crippen molar-refractivity contribution in [3.8, 4) is 0 Å². The number of fused-ring (bicyclic) bond motifs is 1. The first-order valence-corrected chi connectivity index (χ1v) is 3.82. The van der Waals surface area contributed by atoms with E-state index in [-0.39, 0.29) is 0 Å². The highest BCUT2D eigenvalue weighted by Gasteiger charge is 2.12. The van der Waals surface area contributed by atoms with Crippen molar-refractivity contribution in [2.24, 2.45) is 0 Å². The lowest BCUT2D eigenvalue weighted by Gasteiger charge is -1.92. The molecule has 0 aliphatic carbocycles. The smallest absolute Gasteiger partial charge is 0.193 e. The van der Waals surface area contributed by atoms with Gasteiger partial charge in [-0.2, -0.15) is 5.10 Å². The molecule has 0 aliphatic rings.